The second kappa shape index (κ2) is 5.43. The van der Waals surface area contributed by atoms with Gasteiger partial charge >= 0.3 is 5.97 Å². The molecule has 0 aromatic heterocycles. The van der Waals surface area contributed by atoms with E-state index in [4.69, 9.17) is 5.11 Å². The van der Waals surface area contributed by atoms with E-state index in [0.717, 1.165) is 6.42 Å². The van der Waals surface area contributed by atoms with Gasteiger partial charge in [-0.05, 0) is 42.9 Å². The van der Waals surface area contributed by atoms with Crippen molar-refractivity contribution in [2.75, 3.05) is 6.54 Å². The molecule has 1 saturated carbocycles. The summed E-state index contributed by atoms with van der Waals surface area (Å²) < 4.78 is 0. The Kier molecular flexibility index (Phi) is 3.88. The lowest BCUT2D eigenvalue weighted by Gasteiger charge is -2.41. The quantitative estimate of drug-likeness (QED) is 0.856. The van der Waals surface area contributed by atoms with Crippen molar-refractivity contribution in [2.45, 2.75) is 32.6 Å². The number of amides is 1. The molecule has 0 saturated heterocycles. The van der Waals surface area contributed by atoms with E-state index in [1.807, 2.05) is 0 Å². The number of carbonyl (C=O) groups is 2. The van der Waals surface area contributed by atoms with Crippen molar-refractivity contribution < 1.29 is 14.7 Å². The molecule has 0 heterocycles. The Balaban J connectivity index is 2.00. The van der Waals surface area contributed by atoms with E-state index in [2.05, 4.69) is 12.2 Å². The molecule has 4 nitrogen and oxygen atoms in total. The fraction of sp³-hybridized carbons (Fsp3) is 0.467. The predicted molar refractivity (Wildman–Crippen MR) is 72.3 cm³/mol. The summed E-state index contributed by atoms with van der Waals surface area (Å²) >= 11 is 0. The first-order chi connectivity index (χ1) is 9.06. The summed E-state index contributed by atoms with van der Waals surface area (Å²) in [5.74, 6) is -1.21. The number of benzene rings is 1. The lowest BCUT2D eigenvalue weighted by atomic mass is 9.67. The number of carboxylic acids is 1. The highest BCUT2D eigenvalue weighted by Gasteiger charge is 2.35. The molecule has 0 aliphatic heterocycles. The summed E-state index contributed by atoms with van der Waals surface area (Å²) in [6, 6.07) is 6.13. The predicted octanol–water partition coefficient (Wildman–Crippen LogP) is 2.69. The largest absolute Gasteiger partial charge is 0.478 e. The fourth-order valence-corrected chi connectivity index (χ4v) is 2.50. The lowest BCUT2D eigenvalue weighted by Crippen LogP contribution is -2.41. The minimum Gasteiger partial charge on any atom is -0.478 e. The molecule has 2 rings (SSSR count). The zero-order valence-electron chi connectivity index (χ0n) is 11.1. The summed E-state index contributed by atoms with van der Waals surface area (Å²) in [5, 5.41) is 11.8. The summed E-state index contributed by atoms with van der Waals surface area (Å²) in [5.41, 5.74) is 0.812. The third-order valence-corrected chi connectivity index (χ3v) is 4.16. The Hall–Kier alpha value is -1.84. The molecule has 1 aliphatic rings. The van der Waals surface area contributed by atoms with Crippen molar-refractivity contribution >= 4 is 11.9 Å². The number of nitrogens with one attached hydrogen (secondary N) is 1. The van der Waals surface area contributed by atoms with Crippen LogP contribution in [0.3, 0.4) is 0 Å². The maximum absolute atomic E-state index is 12.0. The zero-order valence-corrected chi connectivity index (χ0v) is 11.1. The summed E-state index contributed by atoms with van der Waals surface area (Å²) in [6.45, 7) is 2.83. The third-order valence-electron chi connectivity index (χ3n) is 4.16. The van der Waals surface area contributed by atoms with Crippen LogP contribution in [0.25, 0.3) is 0 Å². The lowest BCUT2D eigenvalue weighted by molar-refractivity contribution is 0.0697. The van der Waals surface area contributed by atoms with Gasteiger partial charge in [-0.1, -0.05) is 19.4 Å². The zero-order chi connectivity index (χ0) is 13.9. The van der Waals surface area contributed by atoms with Crippen LogP contribution < -0.4 is 5.32 Å². The molecular formula is C15H19NO3. The highest BCUT2D eigenvalue weighted by molar-refractivity contribution is 5.97. The van der Waals surface area contributed by atoms with Crippen molar-refractivity contribution in [1.29, 1.82) is 0 Å². The molecule has 4 heteroatoms. The number of carboxylic acid groups (broad SMARTS) is 1. The molecule has 1 aliphatic carbocycles. The van der Waals surface area contributed by atoms with Crippen molar-refractivity contribution in [3.63, 3.8) is 0 Å². The van der Waals surface area contributed by atoms with Crippen LogP contribution in [-0.2, 0) is 0 Å². The molecule has 0 atom stereocenters. The van der Waals surface area contributed by atoms with E-state index in [-0.39, 0.29) is 16.9 Å². The van der Waals surface area contributed by atoms with Crippen LogP contribution in [0.1, 0.15) is 53.3 Å². The Bertz CT molecular complexity index is 486. The van der Waals surface area contributed by atoms with Crippen molar-refractivity contribution in [3.05, 3.63) is 35.4 Å². The first-order valence-electron chi connectivity index (χ1n) is 6.68. The molecule has 0 unspecified atom stereocenters. The van der Waals surface area contributed by atoms with E-state index in [9.17, 15) is 9.59 Å². The monoisotopic (exact) mass is 261 g/mol. The van der Waals surface area contributed by atoms with Gasteiger partial charge in [0.2, 0.25) is 0 Å². The maximum Gasteiger partial charge on any atom is 0.335 e. The molecular weight excluding hydrogens is 242 g/mol. The molecule has 1 fully saturated rings. The van der Waals surface area contributed by atoms with Crippen molar-refractivity contribution in [1.82, 2.24) is 5.32 Å². The van der Waals surface area contributed by atoms with Gasteiger partial charge in [0.15, 0.2) is 0 Å². The third kappa shape index (κ3) is 2.95. The summed E-state index contributed by atoms with van der Waals surface area (Å²) in [4.78, 5) is 22.9. The second-order valence-electron chi connectivity index (χ2n) is 5.28. The van der Waals surface area contributed by atoms with Gasteiger partial charge in [-0.3, -0.25) is 4.79 Å². The molecule has 1 amide bonds. The normalized spacial score (nSPS) is 16.5. The van der Waals surface area contributed by atoms with Gasteiger partial charge in [-0.15, -0.1) is 0 Å². The standard InChI is InChI=1S/C15H19NO3/c1-2-15(7-4-8-15)10-16-13(17)11-5-3-6-12(9-11)14(18)19/h3,5-6,9H,2,4,7-8,10H2,1H3,(H,16,17)(H,18,19). The fourth-order valence-electron chi connectivity index (χ4n) is 2.50. The topological polar surface area (TPSA) is 66.4 Å². The van der Waals surface area contributed by atoms with Gasteiger partial charge < -0.3 is 10.4 Å². The number of carbonyl (C=O) groups excluding carboxylic acids is 1. The van der Waals surface area contributed by atoms with E-state index in [1.165, 1.54) is 31.4 Å². The SMILES string of the molecule is CCC1(CNC(=O)c2cccc(C(=O)O)c2)CCC1. The van der Waals surface area contributed by atoms with Crippen molar-refractivity contribution in [2.24, 2.45) is 5.41 Å². The van der Waals surface area contributed by atoms with Gasteiger partial charge in [0, 0.05) is 12.1 Å². The molecule has 2 N–H and O–H groups in total. The van der Waals surface area contributed by atoms with Gasteiger partial charge in [0.1, 0.15) is 0 Å². The first kappa shape index (κ1) is 13.6. The molecule has 0 spiro atoms. The Morgan fingerprint density at radius 2 is 2.00 bits per heavy atom. The van der Waals surface area contributed by atoms with Gasteiger partial charge in [0.25, 0.3) is 5.91 Å². The van der Waals surface area contributed by atoms with Crippen LogP contribution in [0.2, 0.25) is 0 Å². The van der Waals surface area contributed by atoms with Crippen molar-refractivity contribution in [3.8, 4) is 0 Å². The molecule has 1 aromatic rings. The molecule has 19 heavy (non-hydrogen) atoms. The Morgan fingerprint density at radius 1 is 1.32 bits per heavy atom. The average Bonchev–Trinajstić information content (AvgIpc) is 2.38. The van der Waals surface area contributed by atoms with E-state index in [0.29, 0.717) is 12.1 Å². The number of hydrogen-bond acceptors (Lipinski definition) is 2. The molecule has 0 bridgehead atoms. The average molecular weight is 261 g/mol. The number of hydrogen-bond donors (Lipinski definition) is 2. The van der Waals surface area contributed by atoms with E-state index in [1.54, 1.807) is 12.1 Å². The Morgan fingerprint density at radius 3 is 2.53 bits per heavy atom. The number of aromatic carboxylic acids is 1. The highest BCUT2D eigenvalue weighted by Crippen LogP contribution is 2.43. The van der Waals surface area contributed by atoms with Crippen LogP contribution in [0.15, 0.2) is 24.3 Å². The van der Waals surface area contributed by atoms with Crippen LogP contribution in [-0.4, -0.2) is 23.5 Å². The molecule has 102 valence electrons. The van der Waals surface area contributed by atoms with Gasteiger partial charge in [-0.2, -0.15) is 0 Å². The van der Waals surface area contributed by atoms with Crippen LogP contribution in [0.4, 0.5) is 0 Å². The Labute approximate surface area is 112 Å². The summed E-state index contributed by atoms with van der Waals surface area (Å²) in [7, 11) is 0. The van der Waals surface area contributed by atoms with E-state index < -0.39 is 5.97 Å². The van der Waals surface area contributed by atoms with Gasteiger partial charge in [0.05, 0.1) is 5.56 Å². The minimum atomic E-state index is -1.02. The minimum absolute atomic E-state index is 0.140. The van der Waals surface area contributed by atoms with E-state index >= 15 is 0 Å². The smallest absolute Gasteiger partial charge is 0.335 e. The highest BCUT2D eigenvalue weighted by atomic mass is 16.4. The van der Waals surface area contributed by atoms with Crippen LogP contribution in [0.5, 0.6) is 0 Å². The van der Waals surface area contributed by atoms with Gasteiger partial charge in [-0.25, -0.2) is 4.79 Å². The first-order valence-corrected chi connectivity index (χ1v) is 6.68. The van der Waals surface area contributed by atoms with Crippen LogP contribution >= 0.6 is 0 Å². The molecule has 0 radical (unpaired) electrons. The number of rotatable bonds is 5. The summed E-state index contributed by atoms with van der Waals surface area (Å²) in [6.07, 6.45) is 4.64. The molecule has 1 aromatic carbocycles. The van der Waals surface area contributed by atoms with Crippen LogP contribution in [0, 0.1) is 5.41 Å². The maximum atomic E-state index is 12.0. The second-order valence-corrected chi connectivity index (χ2v) is 5.28.